The first kappa shape index (κ1) is 8.84. The van der Waals surface area contributed by atoms with Gasteiger partial charge in [0.2, 0.25) is 0 Å². The predicted molar refractivity (Wildman–Crippen MR) is 36.8 cm³/mol. The molecule has 0 spiro atoms. The molecule has 9 heavy (non-hydrogen) atoms. The number of likely N-dealkylation sites (N-methyl/N-ethyl adjacent to an activating group) is 1. The Morgan fingerprint density at radius 3 is 2.67 bits per heavy atom. The van der Waals surface area contributed by atoms with E-state index in [0.717, 1.165) is 13.1 Å². The molecule has 0 aliphatic heterocycles. The van der Waals surface area contributed by atoms with Crippen molar-refractivity contribution in [1.29, 1.82) is 0 Å². The summed E-state index contributed by atoms with van der Waals surface area (Å²) < 4.78 is 0. The molecule has 0 radical (unpaired) electrons. The van der Waals surface area contributed by atoms with Gasteiger partial charge in [0, 0.05) is 26.7 Å². The van der Waals surface area contributed by atoms with Crippen LogP contribution in [0.2, 0.25) is 0 Å². The zero-order chi connectivity index (χ0) is 7.11. The summed E-state index contributed by atoms with van der Waals surface area (Å²) in [6.07, 6.45) is 0. The maximum absolute atomic E-state index is 8.32. The Morgan fingerprint density at radius 2 is 2.22 bits per heavy atom. The van der Waals surface area contributed by atoms with Crippen molar-refractivity contribution < 1.29 is 5.11 Å². The molecule has 0 rings (SSSR count). The number of rotatable bonds is 5. The van der Waals surface area contributed by atoms with Gasteiger partial charge in [0.25, 0.3) is 0 Å². The minimum Gasteiger partial charge on any atom is -0.395 e. The molecule has 0 aromatic rings. The Labute approximate surface area is 55.6 Å². The first-order valence-electron chi connectivity index (χ1n) is 3.04. The van der Waals surface area contributed by atoms with E-state index < -0.39 is 0 Å². The molecule has 4 N–H and O–H groups in total. The third-order valence-electron chi connectivity index (χ3n) is 0.930. The molecule has 4 heteroatoms. The second kappa shape index (κ2) is 5.97. The van der Waals surface area contributed by atoms with Crippen LogP contribution in [0.25, 0.3) is 0 Å². The van der Waals surface area contributed by atoms with Crippen LogP contribution < -0.4 is 11.2 Å². The van der Waals surface area contributed by atoms with Crippen LogP contribution in [0.15, 0.2) is 0 Å². The SMILES string of the molecule is CN(N)CCNCCO. The molecular weight excluding hydrogens is 118 g/mol. The van der Waals surface area contributed by atoms with Gasteiger partial charge in [-0.2, -0.15) is 0 Å². The van der Waals surface area contributed by atoms with Gasteiger partial charge in [-0.05, 0) is 0 Å². The second-order valence-electron chi connectivity index (χ2n) is 1.95. The second-order valence-corrected chi connectivity index (χ2v) is 1.95. The normalized spacial score (nSPS) is 10.7. The summed E-state index contributed by atoms with van der Waals surface area (Å²) >= 11 is 0. The standard InChI is InChI=1S/C5H15N3O/c1-8(6)4-2-7-3-5-9/h7,9H,2-6H2,1H3. The molecule has 0 aromatic heterocycles. The van der Waals surface area contributed by atoms with Gasteiger partial charge < -0.3 is 10.4 Å². The summed E-state index contributed by atoms with van der Waals surface area (Å²) in [6, 6.07) is 0. The van der Waals surface area contributed by atoms with Gasteiger partial charge in [-0.1, -0.05) is 0 Å². The quantitative estimate of drug-likeness (QED) is 0.239. The van der Waals surface area contributed by atoms with Crippen molar-refractivity contribution in [2.45, 2.75) is 0 Å². The lowest BCUT2D eigenvalue weighted by Crippen LogP contribution is -2.34. The van der Waals surface area contributed by atoms with Crippen molar-refractivity contribution in [2.24, 2.45) is 5.84 Å². The number of hydrogen-bond acceptors (Lipinski definition) is 4. The molecule has 0 fully saturated rings. The summed E-state index contributed by atoms with van der Waals surface area (Å²) in [5.41, 5.74) is 0. The van der Waals surface area contributed by atoms with Crippen LogP contribution in [0.1, 0.15) is 0 Å². The van der Waals surface area contributed by atoms with Crippen LogP contribution in [0.5, 0.6) is 0 Å². The minimum absolute atomic E-state index is 0.189. The average Bonchev–Trinajstić information content (AvgIpc) is 1.80. The van der Waals surface area contributed by atoms with Gasteiger partial charge in [0.05, 0.1) is 6.61 Å². The number of aliphatic hydroxyl groups excluding tert-OH is 1. The fourth-order valence-electron chi connectivity index (χ4n) is 0.459. The van der Waals surface area contributed by atoms with Crippen molar-refractivity contribution >= 4 is 0 Å². The molecule has 0 saturated carbocycles. The highest BCUT2D eigenvalue weighted by Gasteiger charge is 1.87. The largest absolute Gasteiger partial charge is 0.395 e. The lowest BCUT2D eigenvalue weighted by Gasteiger charge is -2.08. The maximum Gasteiger partial charge on any atom is 0.0555 e. The highest BCUT2D eigenvalue weighted by Crippen LogP contribution is 1.64. The van der Waals surface area contributed by atoms with E-state index in [1.54, 1.807) is 12.1 Å². The maximum atomic E-state index is 8.32. The van der Waals surface area contributed by atoms with E-state index in [0.29, 0.717) is 6.54 Å². The zero-order valence-corrected chi connectivity index (χ0v) is 5.80. The van der Waals surface area contributed by atoms with Gasteiger partial charge in [-0.15, -0.1) is 0 Å². The monoisotopic (exact) mass is 133 g/mol. The van der Waals surface area contributed by atoms with E-state index in [9.17, 15) is 0 Å². The Bertz CT molecular complexity index is 58.2. The Balaban J connectivity index is 2.75. The van der Waals surface area contributed by atoms with Crippen LogP contribution >= 0.6 is 0 Å². The minimum atomic E-state index is 0.189. The molecule has 0 saturated heterocycles. The number of hydrogen-bond donors (Lipinski definition) is 3. The van der Waals surface area contributed by atoms with Crippen LogP contribution in [-0.2, 0) is 0 Å². The summed E-state index contributed by atoms with van der Waals surface area (Å²) in [4.78, 5) is 0. The molecule has 56 valence electrons. The van der Waals surface area contributed by atoms with E-state index >= 15 is 0 Å². The van der Waals surface area contributed by atoms with Gasteiger partial charge in [-0.25, -0.2) is 5.01 Å². The third-order valence-corrected chi connectivity index (χ3v) is 0.930. The molecular formula is C5H15N3O. The number of nitrogens with two attached hydrogens (primary N) is 1. The van der Waals surface area contributed by atoms with Crippen molar-refractivity contribution in [3.8, 4) is 0 Å². The van der Waals surface area contributed by atoms with Crippen molar-refractivity contribution in [1.82, 2.24) is 10.3 Å². The Hall–Kier alpha value is -0.160. The summed E-state index contributed by atoms with van der Waals surface area (Å²) in [7, 11) is 1.81. The Morgan fingerprint density at radius 1 is 1.56 bits per heavy atom. The number of nitrogens with zero attached hydrogens (tertiary/aromatic N) is 1. The first-order chi connectivity index (χ1) is 4.27. The molecule has 4 nitrogen and oxygen atoms in total. The van der Waals surface area contributed by atoms with E-state index in [2.05, 4.69) is 5.32 Å². The highest BCUT2D eigenvalue weighted by molar-refractivity contribution is 4.46. The van der Waals surface area contributed by atoms with Crippen molar-refractivity contribution in [2.75, 3.05) is 33.3 Å². The molecule has 0 atom stereocenters. The van der Waals surface area contributed by atoms with E-state index in [1.165, 1.54) is 0 Å². The number of aliphatic hydroxyl groups is 1. The molecule has 0 unspecified atom stereocenters. The van der Waals surface area contributed by atoms with Gasteiger partial charge in [0.1, 0.15) is 0 Å². The van der Waals surface area contributed by atoms with Crippen LogP contribution in [0, 0.1) is 0 Å². The summed E-state index contributed by atoms with van der Waals surface area (Å²) in [5, 5.41) is 12.9. The number of hydrazine groups is 1. The zero-order valence-electron chi connectivity index (χ0n) is 5.80. The predicted octanol–water partition coefficient (Wildman–Crippen LogP) is -1.63. The highest BCUT2D eigenvalue weighted by atomic mass is 16.3. The lowest BCUT2D eigenvalue weighted by molar-refractivity contribution is 0.284. The lowest BCUT2D eigenvalue weighted by atomic mass is 10.6. The third kappa shape index (κ3) is 7.84. The Kier molecular flexibility index (Phi) is 5.86. The van der Waals surface area contributed by atoms with Gasteiger partial charge >= 0.3 is 0 Å². The van der Waals surface area contributed by atoms with Crippen LogP contribution in [-0.4, -0.2) is 43.4 Å². The summed E-state index contributed by atoms with van der Waals surface area (Å²) in [6.45, 7) is 2.47. The molecule has 0 amide bonds. The topological polar surface area (TPSA) is 61.5 Å². The molecule has 0 aliphatic carbocycles. The van der Waals surface area contributed by atoms with Crippen molar-refractivity contribution in [3.63, 3.8) is 0 Å². The van der Waals surface area contributed by atoms with Crippen molar-refractivity contribution in [3.05, 3.63) is 0 Å². The molecule has 0 bridgehead atoms. The fourth-order valence-corrected chi connectivity index (χ4v) is 0.459. The van der Waals surface area contributed by atoms with E-state index in [4.69, 9.17) is 10.9 Å². The summed E-state index contributed by atoms with van der Waals surface area (Å²) in [5.74, 6) is 5.31. The van der Waals surface area contributed by atoms with Gasteiger partial charge in [-0.3, -0.25) is 5.84 Å². The van der Waals surface area contributed by atoms with E-state index in [-0.39, 0.29) is 6.61 Å². The first-order valence-corrected chi connectivity index (χ1v) is 3.04. The average molecular weight is 133 g/mol. The van der Waals surface area contributed by atoms with Crippen LogP contribution in [0.4, 0.5) is 0 Å². The molecule has 0 aromatic carbocycles. The fraction of sp³-hybridized carbons (Fsp3) is 1.00. The smallest absolute Gasteiger partial charge is 0.0555 e. The molecule has 0 aliphatic rings. The molecule has 0 heterocycles. The van der Waals surface area contributed by atoms with Gasteiger partial charge in [0.15, 0.2) is 0 Å². The van der Waals surface area contributed by atoms with Crippen LogP contribution in [0.3, 0.4) is 0 Å². The number of nitrogens with one attached hydrogen (secondary N) is 1. The van der Waals surface area contributed by atoms with E-state index in [1.807, 2.05) is 0 Å².